The largest absolute Gasteiger partial charge is 0.399 e. The van der Waals surface area contributed by atoms with Crippen molar-refractivity contribution in [1.82, 2.24) is 9.80 Å². The Hall–Kier alpha value is -1.15. The van der Waals surface area contributed by atoms with Gasteiger partial charge in [0.2, 0.25) is 0 Å². The number of nitrogen functional groups attached to an aromatic ring is 1. The van der Waals surface area contributed by atoms with Crippen LogP contribution in [0.2, 0.25) is 0 Å². The Bertz CT molecular complexity index is 642. The summed E-state index contributed by atoms with van der Waals surface area (Å²) in [6.45, 7) is 6.37. The molecule has 7 heteroatoms. The Morgan fingerprint density at radius 3 is 2.56 bits per heavy atom. The van der Waals surface area contributed by atoms with Gasteiger partial charge in [-0.15, -0.1) is 0 Å². The fourth-order valence-electron chi connectivity index (χ4n) is 3.63. The van der Waals surface area contributed by atoms with E-state index in [0.29, 0.717) is 11.5 Å². The second kappa shape index (κ2) is 8.49. The summed E-state index contributed by atoms with van der Waals surface area (Å²) in [4.78, 5) is 4.77. The Morgan fingerprint density at radius 1 is 1.20 bits per heavy atom. The van der Waals surface area contributed by atoms with Crippen molar-refractivity contribution in [2.45, 2.75) is 25.4 Å². The summed E-state index contributed by atoms with van der Waals surface area (Å²) in [6.07, 6.45) is 1.79. The Labute approximate surface area is 150 Å². The van der Waals surface area contributed by atoms with Crippen molar-refractivity contribution < 1.29 is 13.2 Å². The molecule has 140 valence electrons. The van der Waals surface area contributed by atoms with Crippen LogP contribution in [-0.2, 0) is 21.1 Å². The number of morpholine rings is 1. The van der Waals surface area contributed by atoms with E-state index in [1.807, 2.05) is 24.3 Å². The fourth-order valence-corrected chi connectivity index (χ4v) is 5.40. The molecule has 0 amide bonds. The number of hydrogen-bond donors (Lipinski definition) is 1. The second-order valence-corrected chi connectivity index (χ2v) is 9.31. The molecule has 3 rings (SSSR count). The Kier molecular flexibility index (Phi) is 6.33. The molecule has 2 aliphatic rings. The van der Waals surface area contributed by atoms with Gasteiger partial charge in [0.25, 0.3) is 0 Å². The van der Waals surface area contributed by atoms with Crippen LogP contribution in [0, 0.1) is 0 Å². The molecule has 0 spiro atoms. The summed E-state index contributed by atoms with van der Waals surface area (Å²) < 4.78 is 29.2. The molecular formula is C18H29N3O3S. The monoisotopic (exact) mass is 367 g/mol. The highest BCUT2D eigenvalue weighted by molar-refractivity contribution is 7.91. The molecule has 2 fully saturated rings. The molecule has 1 aromatic carbocycles. The lowest BCUT2D eigenvalue weighted by atomic mass is 10.1. The molecule has 2 N–H and O–H groups in total. The van der Waals surface area contributed by atoms with Gasteiger partial charge >= 0.3 is 0 Å². The SMILES string of the molecule is Nc1ccc(CN(CCCN2CCOCC2)[C@@H]2CCS(=O)(=O)C2)cc1. The lowest BCUT2D eigenvalue weighted by Gasteiger charge is -2.31. The summed E-state index contributed by atoms with van der Waals surface area (Å²) in [5.74, 6) is 0.610. The number of nitrogens with two attached hydrogens (primary N) is 1. The van der Waals surface area contributed by atoms with E-state index in [1.165, 1.54) is 5.56 Å². The highest BCUT2D eigenvalue weighted by atomic mass is 32.2. The first-order chi connectivity index (χ1) is 12.0. The van der Waals surface area contributed by atoms with E-state index in [1.54, 1.807) is 0 Å². The first kappa shape index (κ1) is 18.6. The molecule has 0 radical (unpaired) electrons. The zero-order valence-corrected chi connectivity index (χ0v) is 15.6. The van der Waals surface area contributed by atoms with Crippen molar-refractivity contribution in [2.24, 2.45) is 0 Å². The molecule has 25 heavy (non-hydrogen) atoms. The molecule has 0 aromatic heterocycles. The van der Waals surface area contributed by atoms with Crippen LogP contribution < -0.4 is 5.73 Å². The third kappa shape index (κ3) is 5.67. The summed E-state index contributed by atoms with van der Waals surface area (Å²) in [5, 5.41) is 0. The predicted octanol–water partition coefficient (Wildman–Crippen LogP) is 0.980. The average Bonchev–Trinajstić information content (AvgIpc) is 2.97. The van der Waals surface area contributed by atoms with Gasteiger partial charge in [-0.2, -0.15) is 0 Å². The van der Waals surface area contributed by atoms with Gasteiger partial charge in [-0.25, -0.2) is 8.42 Å². The van der Waals surface area contributed by atoms with Crippen molar-refractivity contribution in [3.8, 4) is 0 Å². The molecule has 0 aliphatic carbocycles. The van der Waals surface area contributed by atoms with Crippen LogP contribution in [-0.4, -0.2) is 75.2 Å². The normalized spacial score (nSPS) is 24.0. The van der Waals surface area contributed by atoms with E-state index in [0.717, 1.165) is 64.5 Å². The molecule has 6 nitrogen and oxygen atoms in total. The van der Waals surface area contributed by atoms with Crippen LogP contribution in [0.4, 0.5) is 5.69 Å². The first-order valence-corrected chi connectivity index (χ1v) is 10.9. The zero-order chi connectivity index (χ0) is 17.7. The smallest absolute Gasteiger partial charge is 0.151 e. The lowest BCUT2D eigenvalue weighted by molar-refractivity contribution is 0.0354. The molecular weight excluding hydrogens is 338 g/mol. The summed E-state index contributed by atoms with van der Waals surface area (Å²) in [6, 6.07) is 8.02. The van der Waals surface area contributed by atoms with Crippen LogP contribution in [0.1, 0.15) is 18.4 Å². The predicted molar refractivity (Wildman–Crippen MR) is 100 cm³/mol. The van der Waals surface area contributed by atoms with E-state index in [-0.39, 0.29) is 6.04 Å². The molecule has 0 saturated carbocycles. The zero-order valence-electron chi connectivity index (χ0n) is 14.8. The minimum Gasteiger partial charge on any atom is -0.399 e. The first-order valence-electron chi connectivity index (χ1n) is 9.11. The molecule has 1 aromatic rings. The quantitative estimate of drug-likeness (QED) is 0.724. The summed E-state index contributed by atoms with van der Waals surface area (Å²) >= 11 is 0. The minimum atomic E-state index is -2.87. The number of sulfone groups is 1. The van der Waals surface area contributed by atoms with Crippen LogP contribution in [0.3, 0.4) is 0 Å². The maximum absolute atomic E-state index is 11.9. The van der Waals surface area contributed by atoms with E-state index in [4.69, 9.17) is 10.5 Å². The standard InChI is InChI=1S/C18H29N3O3S/c19-17-4-2-16(3-5-17)14-21(18-6-13-25(22,23)15-18)8-1-7-20-9-11-24-12-10-20/h2-5,18H,1,6-15,19H2/t18-/m1/s1. The van der Waals surface area contributed by atoms with Crippen molar-refractivity contribution >= 4 is 15.5 Å². The van der Waals surface area contributed by atoms with E-state index >= 15 is 0 Å². The maximum Gasteiger partial charge on any atom is 0.151 e. The van der Waals surface area contributed by atoms with Crippen molar-refractivity contribution in [3.63, 3.8) is 0 Å². The van der Waals surface area contributed by atoms with Gasteiger partial charge in [-0.05, 0) is 37.1 Å². The van der Waals surface area contributed by atoms with E-state index in [9.17, 15) is 8.42 Å². The molecule has 0 unspecified atom stereocenters. The summed E-state index contributed by atoms with van der Waals surface area (Å²) in [7, 11) is -2.87. The van der Waals surface area contributed by atoms with E-state index in [2.05, 4.69) is 9.80 Å². The maximum atomic E-state index is 11.9. The van der Waals surface area contributed by atoms with Crippen LogP contribution in [0.25, 0.3) is 0 Å². The summed E-state index contributed by atoms with van der Waals surface area (Å²) in [5.41, 5.74) is 7.71. The van der Waals surface area contributed by atoms with Crippen molar-refractivity contribution in [3.05, 3.63) is 29.8 Å². The van der Waals surface area contributed by atoms with Gasteiger partial charge in [-0.1, -0.05) is 12.1 Å². The number of nitrogens with zero attached hydrogens (tertiary/aromatic N) is 2. The van der Waals surface area contributed by atoms with Gasteiger partial charge in [0.15, 0.2) is 9.84 Å². The number of anilines is 1. The molecule has 0 bridgehead atoms. The van der Waals surface area contributed by atoms with E-state index < -0.39 is 9.84 Å². The average molecular weight is 368 g/mol. The minimum absolute atomic E-state index is 0.132. The third-order valence-corrected chi connectivity index (χ3v) is 6.86. The topological polar surface area (TPSA) is 75.9 Å². The highest BCUT2D eigenvalue weighted by Gasteiger charge is 2.32. The van der Waals surface area contributed by atoms with Crippen molar-refractivity contribution in [1.29, 1.82) is 0 Å². The van der Waals surface area contributed by atoms with Crippen LogP contribution >= 0.6 is 0 Å². The molecule has 1 atom stereocenters. The molecule has 2 aliphatic heterocycles. The van der Waals surface area contributed by atoms with Crippen molar-refractivity contribution in [2.75, 3.05) is 56.6 Å². The molecule has 2 saturated heterocycles. The highest BCUT2D eigenvalue weighted by Crippen LogP contribution is 2.21. The number of rotatable bonds is 7. The Morgan fingerprint density at radius 2 is 1.92 bits per heavy atom. The second-order valence-electron chi connectivity index (χ2n) is 7.08. The van der Waals surface area contributed by atoms with Crippen LogP contribution in [0.5, 0.6) is 0 Å². The van der Waals surface area contributed by atoms with Gasteiger partial charge in [-0.3, -0.25) is 9.80 Å². The molecule has 2 heterocycles. The van der Waals surface area contributed by atoms with Gasteiger partial charge < -0.3 is 10.5 Å². The van der Waals surface area contributed by atoms with Gasteiger partial charge in [0, 0.05) is 37.9 Å². The third-order valence-electron chi connectivity index (χ3n) is 5.11. The number of benzene rings is 1. The van der Waals surface area contributed by atoms with Crippen LogP contribution in [0.15, 0.2) is 24.3 Å². The number of ether oxygens (including phenoxy) is 1. The fraction of sp³-hybridized carbons (Fsp3) is 0.667. The number of hydrogen-bond acceptors (Lipinski definition) is 6. The van der Waals surface area contributed by atoms with Gasteiger partial charge in [0.05, 0.1) is 24.7 Å². The van der Waals surface area contributed by atoms with Gasteiger partial charge in [0.1, 0.15) is 0 Å². The Balaban J connectivity index is 1.58. The lowest BCUT2D eigenvalue weighted by Crippen LogP contribution is -2.40.